The number of hydrogen-bond donors (Lipinski definition) is 1. The largest absolute Gasteiger partial charge is 0.465 e. The lowest BCUT2D eigenvalue weighted by molar-refractivity contribution is -0.146. The monoisotopic (exact) mass is 278 g/mol. The van der Waals surface area contributed by atoms with Gasteiger partial charge in [-0.2, -0.15) is 0 Å². The number of halogens is 1. The zero-order valence-corrected chi connectivity index (χ0v) is 11.2. The van der Waals surface area contributed by atoms with Gasteiger partial charge in [0.05, 0.1) is 12.6 Å². The molecular formula is C14H15FN2O3. The molecule has 0 aliphatic carbocycles. The fourth-order valence-corrected chi connectivity index (χ4v) is 2.24. The summed E-state index contributed by atoms with van der Waals surface area (Å²) < 4.78 is 18.9. The first-order valence-corrected chi connectivity index (χ1v) is 6.31. The van der Waals surface area contributed by atoms with E-state index in [1.807, 2.05) is 0 Å². The van der Waals surface area contributed by atoms with Gasteiger partial charge in [0.15, 0.2) is 0 Å². The normalized spacial score (nSPS) is 21.9. The molecule has 1 heterocycles. The Morgan fingerprint density at radius 3 is 2.80 bits per heavy atom. The summed E-state index contributed by atoms with van der Waals surface area (Å²) in [5.41, 5.74) is 0.564. The number of nitrogens with zero attached hydrogens (tertiary/aromatic N) is 1. The first kappa shape index (κ1) is 14.2. The van der Waals surface area contributed by atoms with Gasteiger partial charge in [-0.3, -0.25) is 4.79 Å². The molecule has 1 aliphatic rings. The molecule has 20 heavy (non-hydrogen) atoms. The Morgan fingerprint density at radius 2 is 2.15 bits per heavy atom. The Kier molecular flexibility index (Phi) is 4.12. The summed E-state index contributed by atoms with van der Waals surface area (Å²) in [6.07, 6.45) is 0. The average Bonchev–Trinajstić information content (AvgIpc) is 2.38. The van der Waals surface area contributed by atoms with Gasteiger partial charge in [0.25, 0.3) is 0 Å². The molecule has 1 aliphatic heterocycles. The van der Waals surface area contributed by atoms with Crippen LogP contribution in [-0.4, -0.2) is 24.3 Å². The fraction of sp³-hybridized carbons (Fsp3) is 0.357. The molecule has 0 fully saturated rings. The van der Waals surface area contributed by atoms with E-state index in [9.17, 15) is 14.0 Å². The van der Waals surface area contributed by atoms with Gasteiger partial charge in [-0.25, -0.2) is 14.2 Å². The fourth-order valence-electron chi connectivity index (χ4n) is 2.24. The molecule has 2 unspecified atom stereocenters. The van der Waals surface area contributed by atoms with Crippen molar-refractivity contribution < 1.29 is 18.7 Å². The van der Waals surface area contributed by atoms with E-state index in [0.29, 0.717) is 5.71 Å². The minimum Gasteiger partial charge on any atom is -0.465 e. The third-order valence-corrected chi connectivity index (χ3v) is 3.12. The molecule has 0 aromatic heterocycles. The summed E-state index contributed by atoms with van der Waals surface area (Å²) in [7, 11) is 0. The van der Waals surface area contributed by atoms with E-state index in [-0.39, 0.29) is 12.2 Å². The SMILES string of the molecule is CCOC(=O)C1C(C)=NC(=O)NC1c1ccccc1F. The third kappa shape index (κ3) is 2.68. The van der Waals surface area contributed by atoms with Crippen molar-refractivity contribution in [3.8, 4) is 0 Å². The predicted molar refractivity (Wildman–Crippen MR) is 70.9 cm³/mol. The Labute approximate surface area is 115 Å². The second-order valence-corrected chi connectivity index (χ2v) is 4.43. The van der Waals surface area contributed by atoms with Crippen molar-refractivity contribution in [3.63, 3.8) is 0 Å². The van der Waals surface area contributed by atoms with Crippen LogP contribution in [0, 0.1) is 11.7 Å². The predicted octanol–water partition coefficient (Wildman–Crippen LogP) is 2.23. The molecule has 0 spiro atoms. The molecule has 2 rings (SSSR count). The van der Waals surface area contributed by atoms with Crippen LogP contribution in [0.5, 0.6) is 0 Å². The van der Waals surface area contributed by atoms with Gasteiger partial charge >= 0.3 is 12.0 Å². The Morgan fingerprint density at radius 1 is 1.45 bits per heavy atom. The summed E-state index contributed by atoms with van der Waals surface area (Å²) in [4.78, 5) is 27.3. The van der Waals surface area contributed by atoms with Gasteiger partial charge in [0.1, 0.15) is 11.7 Å². The molecule has 106 valence electrons. The highest BCUT2D eigenvalue weighted by Crippen LogP contribution is 2.29. The maximum Gasteiger partial charge on any atom is 0.341 e. The lowest BCUT2D eigenvalue weighted by Gasteiger charge is -2.29. The molecule has 0 bridgehead atoms. The van der Waals surface area contributed by atoms with Gasteiger partial charge in [-0.15, -0.1) is 0 Å². The summed E-state index contributed by atoms with van der Waals surface area (Å²) in [6.45, 7) is 3.46. The highest BCUT2D eigenvalue weighted by molar-refractivity contribution is 6.08. The van der Waals surface area contributed by atoms with Crippen molar-refractivity contribution in [2.24, 2.45) is 10.9 Å². The summed E-state index contributed by atoms with van der Waals surface area (Å²) in [5.74, 6) is -1.83. The van der Waals surface area contributed by atoms with E-state index in [0.717, 1.165) is 0 Å². The number of nitrogens with one attached hydrogen (secondary N) is 1. The number of carbonyl (C=O) groups is 2. The quantitative estimate of drug-likeness (QED) is 0.862. The van der Waals surface area contributed by atoms with Crippen molar-refractivity contribution in [2.75, 3.05) is 6.61 Å². The Balaban J connectivity index is 2.43. The number of carbonyl (C=O) groups excluding carboxylic acids is 2. The molecule has 1 aromatic carbocycles. The first-order valence-electron chi connectivity index (χ1n) is 6.31. The molecule has 1 aromatic rings. The van der Waals surface area contributed by atoms with Gasteiger partial charge in [-0.05, 0) is 19.9 Å². The van der Waals surface area contributed by atoms with Gasteiger partial charge in [0.2, 0.25) is 0 Å². The van der Waals surface area contributed by atoms with Gasteiger partial charge < -0.3 is 10.1 Å². The zero-order valence-electron chi connectivity index (χ0n) is 11.2. The van der Waals surface area contributed by atoms with E-state index in [2.05, 4.69) is 10.3 Å². The number of ether oxygens (including phenoxy) is 1. The number of rotatable bonds is 3. The molecule has 2 amide bonds. The molecule has 5 nitrogen and oxygen atoms in total. The van der Waals surface area contributed by atoms with Gasteiger partial charge in [-0.1, -0.05) is 18.2 Å². The molecule has 0 saturated heterocycles. The van der Waals surface area contributed by atoms with Crippen LogP contribution in [0.15, 0.2) is 29.3 Å². The second-order valence-electron chi connectivity index (χ2n) is 4.43. The van der Waals surface area contributed by atoms with Crippen molar-refractivity contribution in [3.05, 3.63) is 35.6 Å². The van der Waals surface area contributed by atoms with E-state index < -0.39 is 29.8 Å². The van der Waals surface area contributed by atoms with Crippen LogP contribution < -0.4 is 5.32 Å². The number of amides is 2. The number of esters is 1. The minimum atomic E-state index is -0.815. The van der Waals surface area contributed by atoms with Crippen LogP contribution in [-0.2, 0) is 9.53 Å². The topological polar surface area (TPSA) is 67.8 Å². The van der Waals surface area contributed by atoms with Crippen LogP contribution in [0.1, 0.15) is 25.5 Å². The Bertz CT molecular complexity index is 571. The van der Waals surface area contributed by atoms with Crippen LogP contribution in [0.3, 0.4) is 0 Å². The molecular weight excluding hydrogens is 263 g/mol. The minimum absolute atomic E-state index is 0.209. The average molecular weight is 278 g/mol. The van der Waals surface area contributed by atoms with Crippen molar-refractivity contribution >= 4 is 17.7 Å². The third-order valence-electron chi connectivity index (χ3n) is 3.12. The summed E-state index contributed by atoms with van der Waals surface area (Å²) in [5, 5.41) is 2.53. The van der Waals surface area contributed by atoms with Crippen molar-refractivity contribution in [1.82, 2.24) is 5.32 Å². The van der Waals surface area contributed by atoms with Crippen molar-refractivity contribution in [1.29, 1.82) is 0 Å². The number of benzene rings is 1. The molecule has 6 heteroatoms. The van der Waals surface area contributed by atoms with Crippen LogP contribution in [0.4, 0.5) is 9.18 Å². The second kappa shape index (κ2) is 5.81. The summed E-state index contributed by atoms with van der Waals surface area (Å²) >= 11 is 0. The van der Waals surface area contributed by atoms with E-state index in [1.54, 1.807) is 26.0 Å². The molecule has 0 saturated carbocycles. The maximum absolute atomic E-state index is 13.9. The molecule has 2 atom stereocenters. The van der Waals surface area contributed by atoms with E-state index >= 15 is 0 Å². The molecule has 1 N–H and O–H groups in total. The van der Waals surface area contributed by atoms with Gasteiger partial charge in [0, 0.05) is 11.3 Å². The lowest BCUT2D eigenvalue weighted by atomic mass is 9.88. The highest BCUT2D eigenvalue weighted by Gasteiger charge is 2.38. The smallest absolute Gasteiger partial charge is 0.341 e. The van der Waals surface area contributed by atoms with Crippen LogP contribution >= 0.6 is 0 Å². The number of aliphatic imine (C=N–C) groups is 1. The Hall–Kier alpha value is -2.24. The highest BCUT2D eigenvalue weighted by atomic mass is 19.1. The van der Waals surface area contributed by atoms with E-state index in [1.165, 1.54) is 12.1 Å². The van der Waals surface area contributed by atoms with Crippen molar-refractivity contribution in [2.45, 2.75) is 19.9 Å². The number of hydrogen-bond acceptors (Lipinski definition) is 3. The standard InChI is InChI=1S/C14H15FN2O3/c1-3-20-13(18)11-8(2)16-14(19)17-12(11)9-6-4-5-7-10(9)15/h4-7,11-12H,3H2,1-2H3,(H,17,19). The molecule has 0 radical (unpaired) electrons. The van der Waals surface area contributed by atoms with Crippen LogP contribution in [0.2, 0.25) is 0 Å². The zero-order chi connectivity index (χ0) is 14.7. The maximum atomic E-state index is 13.9. The van der Waals surface area contributed by atoms with E-state index in [4.69, 9.17) is 4.74 Å². The summed E-state index contributed by atoms with van der Waals surface area (Å²) in [6, 6.07) is 4.62. The number of urea groups is 1. The lowest BCUT2D eigenvalue weighted by Crippen LogP contribution is -2.44. The first-order chi connectivity index (χ1) is 9.54. The van der Waals surface area contributed by atoms with Crippen LogP contribution in [0.25, 0.3) is 0 Å².